The van der Waals surface area contributed by atoms with Crippen LogP contribution in [0.5, 0.6) is 0 Å². The Hall–Kier alpha value is -1.84. The second-order valence-electron chi connectivity index (χ2n) is 6.37. The van der Waals surface area contributed by atoms with Gasteiger partial charge in [-0.05, 0) is 49.6 Å². The van der Waals surface area contributed by atoms with Crippen molar-refractivity contribution in [3.63, 3.8) is 0 Å². The van der Waals surface area contributed by atoms with Crippen LogP contribution in [0.2, 0.25) is 5.02 Å². The average molecular weight is 327 g/mol. The number of aryl methyl sites for hydroxylation is 1. The summed E-state index contributed by atoms with van der Waals surface area (Å²) < 4.78 is 0. The van der Waals surface area contributed by atoms with Gasteiger partial charge in [-0.2, -0.15) is 0 Å². The number of carbonyl (C=O) groups is 1. The van der Waals surface area contributed by atoms with E-state index >= 15 is 0 Å². The molecule has 1 amide bonds. The van der Waals surface area contributed by atoms with E-state index in [1.54, 1.807) is 0 Å². The molecule has 2 heterocycles. The predicted molar refractivity (Wildman–Crippen MR) is 92.6 cm³/mol. The molecule has 2 aromatic carbocycles. The van der Waals surface area contributed by atoms with Gasteiger partial charge in [-0.1, -0.05) is 41.4 Å². The third-order valence-corrected chi connectivity index (χ3v) is 5.07. The monoisotopic (exact) mass is 326 g/mol. The number of carbonyl (C=O) groups excluding carboxylic acids is 1. The van der Waals surface area contributed by atoms with Crippen molar-refractivity contribution in [1.82, 2.24) is 4.90 Å². The van der Waals surface area contributed by atoms with Gasteiger partial charge in [0.15, 0.2) is 0 Å². The van der Waals surface area contributed by atoms with Gasteiger partial charge in [0.1, 0.15) is 6.17 Å². The zero-order valence-electron chi connectivity index (χ0n) is 13.1. The Labute approximate surface area is 141 Å². The van der Waals surface area contributed by atoms with Crippen LogP contribution >= 0.6 is 11.6 Å². The highest BCUT2D eigenvalue weighted by Crippen LogP contribution is 2.42. The third-order valence-electron chi connectivity index (χ3n) is 4.82. The van der Waals surface area contributed by atoms with Gasteiger partial charge in [-0.15, -0.1) is 0 Å². The maximum atomic E-state index is 13.0. The van der Waals surface area contributed by atoms with Crippen molar-refractivity contribution in [3.8, 4) is 0 Å². The van der Waals surface area contributed by atoms with Crippen LogP contribution in [0.1, 0.15) is 30.1 Å². The molecule has 0 bridgehead atoms. The molecule has 2 atom stereocenters. The number of fused-ring (bicyclic) bond motifs is 1. The second kappa shape index (κ2) is 5.66. The summed E-state index contributed by atoms with van der Waals surface area (Å²) in [7, 11) is 0. The molecule has 0 spiro atoms. The van der Waals surface area contributed by atoms with Crippen molar-refractivity contribution < 1.29 is 4.79 Å². The van der Waals surface area contributed by atoms with Gasteiger partial charge >= 0.3 is 0 Å². The van der Waals surface area contributed by atoms with Gasteiger partial charge in [0.2, 0.25) is 5.91 Å². The highest BCUT2D eigenvalue weighted by atomic mass is 35.5. The summed E-state index contributed by atoms with van der Waals surface area (Å²) in [5, 5.41) is 0.688. The highest BCUT2D eigenvalue weighted by molar-refractivity contribution is 6.30. The number of anilines is 1. The van der Waals surface area contributed by atoms with Crippen molar-refractivity contribution >= 4 is 23.2 Å². The van der Waals surface area contributed by atoms with Crippen LogP contribution in [0.25, 0.3) is 0 Å². The first-order valence-corrected chi connectivity index (χ1v) is 8.44. The fourth-order valence-electron chi connectivity index (χ4n) is 3.82. The normalized spacial score (nSPS) is 24.3. The molecule has 118 valence electrons. The summed E-state index contributed by atoms with van der Waals surface area (Å²) >= 11 is 6.01. The van der Waals surface area contributed by atoms with Gasteiger partial charge in [0.25, 0.3) is 0 Å². The molecule has 0 N–H and O–H groups in total. The lowest BCUT2D eigenvalue weighted by Gasteiger charge is -2.30. The minimum Gasteiger partial charge on any atom is -0.291 e. The summed E-state index contributed by atoms with van der Waals surface area (Å²) in [5.74, 6) is 0.205. The number of rotatable bonds is 2. The van der Waals surface area contributed by atoms with E-state index in [0.717, 1.165) is 25.1 Å². The zero-order valence-corrected chi connectivity index (χ0v) is 13.8. The van der Waals surface area contributed by atoms with Crippen LogP contribution in [0, 0.1) is 6.92 Å². The SMILES string of the molecule is Cc1cccc(C2N(c3ccc(Cl)cc3)C(=O)C3CCCN32)c1. The van der Waals surface area contributed by atoms with Crippen molar-refractivity contribution in [2.24, 2.45) is 0 Å². The first-order chi connectivity index (χ1) is 11.1. The number of halogens is 1. The fraction of sp³-hybridized carbons (Fsp3) is 0.316. The van der Waals surface area contributed by atoms with Gasteiger partial charge < -0.3 is 0 Å². The van der Waals surface area contributed by atoms with Crippen molar-refractivity contribution in [2.75, 3.05) is 11.4 Å². The molecule has 2 aliphatic heterocycles. The molecule has 2 aromatic rings. The smallest absolute Gasteiger partial charge is 0.246 e. The average Bonchev–Trinajstić information content (AvgIpc) is 3.11. The lowest BCUT2D eigenvalue weighted by molar-refractivity contribution is -0.119. The molecule has 2 saturated heterocycles. The Morgan fingerprint density at radius 1 is 1.13 bits per heavy atom. The first kappa shape index (κ1) is 14.7. The third kappa shape index (κ3) is 2.44. The molecule has 2 aliphatic rings. The van der Waals surface area contributed by atoms with E-state index in [2.05, 4.69) is 36.1 Å². The van der Waals surface area contributed by atoms with Crippen LogP contribution < -0.4 is 4.90 Å². The van der Waals surface area contributed by atoms with E-state index in [1.165, 1.54) is 11.1 Å². The standard InChI is InChI=1S/C19H19ClN2O/c1-13-4-2-5-14(12-13)18-21-11-3-6-17(21)19(23)22(18)16-9-7-15(20)8-10-16/h2,4-5,7-10,12,17-18H,3,6,11H2,1H3. The number of amides is 1. The van der Waals surface area contributed by atoms with E-state index < -0.39 is 0 Å². The van der Waals surface area contributed by atoms with Crippen molar-refractivity contribution in [3.05, 3.63) is 64.7 Å². The minimum atomic E-state index is -0.0175. The second-order valence-corrected chi connectivity index (χ2v) is 6.80. The van der Waals surface area contributed by atoms with Crippen molar-refractivity contribution in [2.45, 2.75) is 32.0 Å². The molecule has 4 rings (SSSR count). The van der Waals surface area contributed by atoms with E-state index in [9.17, 15) is 4.79 Å². The predicted octanol–water partition coefficient (Wildman–Crippen LogP) is 4.16. The summed E-state index contributed by atoms with van der Waals surface area (Å²) in [6, 6.07) is 16.0. The molecular formula is C19H19ClN2O. The van der Waals surface area contributed by atoms with Crippen LogP contribution in [-0.2, 0) is 4.79 Å². The molecule has 0 aliphatic carbocycles. The molecule has 2 unspecified atom stereocenters. The van der Waals surface area contributed by atoms with E-state index in [1.807, 2.05) is 29.2 Å². The van der Waals surface area contributed by atoms with Gasteiger partial charge in [0.05, 0.1) is 6.04 Å². The number of nitrogens with zero attached hydrogens (tertiary/aromatic N) is 2. The van der Waals surface area contributed by atoms with E-state index in [4.69, 9.17) is 11.6 Å². The topological polar surface area (TPSA) is 23.6 Å². The molecule has 2 fully saturated rings. The van der Waals surface area contributed by atoms with Crippen LogP contribution in [-0.4, -0.2) is 23.4 Å². The number of hydrogen-bond acceptors (Lipinski definition) is 2. The Morgan fingerprint density at radius 2 is 1.91 bits per heavy atom. The Morgan fingerprint density at radius 3 is 2.65 bits per heavy atom. The maximum absolute atomic E-state index is 13.0. The maximum Gasteiger partial charge on any atom is 0.246 e. The largest absolute Gasteiger partial charge is 0.291 e. The molecule has 23 heavy (non-hydrogen) atoms. The van der Waals surface area contributed by atoms with Crippen LogP contribution in [0.15, 0.2) is 48.5 Å². The lowest BCUT2D eigenvalue weighted by atomic mass is 10.1. The molecule has 4 heteroatoms. The summed E-state index contributed by atoms with van der Waals surface area (Å²) in [5.41, 5.74) is 3.31. The van der Waals surface area contributed by atoms with Crippen molar-refractivity contribution in [1.29, 1.82) is 0 Å². The van der Waals surface area contributed by atoms with Gasteiger partial charge in [-0.3, -0.25) is 14.6 Å². The van der Waals surface area contributed by atoms with E-state index in [-0.39, 0.29) is 18.1 Å². The highest BCUT2D eigenvalue weighted by Gasteiger charge is 2.49. The van der Waals surface area contributed by atoms with Crippen LogP contribution in [0.4, 0.5) is 5.69 Å². The molecule has 0 saturated carbocycles. The molecule has 0 radical (unpaired) electrons. The molecule has 3 nitrogen and oxygen atoms in total. The fourth-order valence-corrected chi connectivity index (χ4v) is 3.94. The van der Waals surface area contributed by atoms with Gasteiger partial charge in [-0.25, -0.2) is 0 Å². The van der Waals surface area contributed by atoms with Crippen LogP contribution in [0.3, 0.4) is 0 Å². The Kier molecular flexibility index (Phi) is 3.63. The number of hydrogen-bond donors (Lipinski definition) is 0. The molecule has 0 aromatic heterocycles. The Bertz CT molecular complexity index is 743. The molecular weight excluding hydrogens is 308 g/mol. The minimum absolute atomic E-state index is 0.0104. The number of benzene rings is 2. The van der Waals surface area contributed by atoms with Gasteiger partial charge in [0, 0.05) is 17.3 Å². The summed E-state index contributed by atoms with van der Waals surface area (Å²) in [6.45, 7) is 3.06. The Balaban J connectivity index is 1.81. The zero-order chi connectivity index (χ0) is 16.0. The van der Waals surface area contributed by atoms with E-state index in [0.29, 0.717) is 5.02 Å². The lowest BCUT2D eigenvalue weighted by Crippen LogP contribution is -2.32. The first-order valence-electron chi connectivity index (χ1n) is 8.06. The summed E-state index contributed by atoms with van der Waals surface area (Å²) in [6.07, 6.45) is 2.02. The quantitative estimate of drug-likeness (QED) is 0.827. The summed E-state index contributed by atoms with van der Waals surface area (Å²) in [4.78, 5) is 17.3.